The standard InChI is InChI=1S/C26H18O2S/c1-29-24-16-23(21-12-10-17-6-2-4-8-19(17)14-21)28-26(24)25(27)22-13-11-18-7-3-5-9-20(18)15-22/h2-16H,1H3. The highest BCUT2D eigenvalue weighted by molar-refractivity contribution is 7.98. The molecule has 5 rings (SSSR count). The zero-order chi connectivity index (χ0) is 19.8. The van der Waals surface area contributed by atoms with Gasteiger partial charge in [0.15, 0.2) is 5.76 Å². The number of hydrogen-bond acceptors (Lipinski definition) is 3. The van der Waals surface area contributed by atoms with Crippen LogP contribution in [0.2, 0.25) is 0 Å². The molecule has 0 amide bonds. The Balaban J connectivity index is 1.57. The minimum atomic E-state index is -0.0906. The fraction of sp³-hybridized carbons (Fsp3) is 0.0385. The Kier molecular flexibility index (Phi) is 4.45. The molecule has 4 aromatic carbocycles. The summed E-state index contributed by atoms with van der Waals surface area (Å²) < 4.78 is 6.10. The Morgan fingerprint density at radius 1 is 0.724 bits per heavy atom. The quantitative estimate of drug-likeness (QED) is 0.238. The van der Waals surface area contributed by atoms with Gasteiger partial charge in [-0.05, 0) is 46.0 Å². The van der Waals surface area contributed by atoms with Crippen molar-refractivity contribution in [3.63, 3.8) is 0 Å². The molecule has 5 aromatic rings. The van der Waals surface area contributed by atoms with Crippen molar-refractivity contribution in [2.75, 3.05) is 6.26 Å². The van der Waals surface area contributed by atoms with Crippen LogP contribution in [0.4, 0.5) is 0 Å². The molecule has 29 heavy (non-hydrogen) atoms. The van der Waals surface area contributed by atoms with E-state index >= 15 is 0 Å². The van der Waals surface area contributed by atoms with Crippen molar-refractivity contribution in [3.8, 4) is 11.3 Å². The first-order chi connectivity index (χ1) is 14.2. The summed E-state index contributed by atoms with van der Waals surface area (Å²) in [6.45, 7) is 0. The van der Waals surface area contributed by atoms with Gasteiger partial charge >= 0.3 is 0 Å². The molecule has 0 aliphatic heterocycles. The zero-order valence-electron chi connectivity index (χ0n) is 15.9. The molecule has 0 bridgehead atoms. The number of hydrogen-bond donors (Lipinski definition) is 0. The highest BCUT2D eigenvalue weighted by Gasteiger charge is 2.21. The molecular weight excluding hydrogens is 376 g/mol. The molecule has 1 heterocycles. The van der Waals surface area contributed by atoms with E-state index in [0.29, 0.717) is 17.1 Å². The van der Waals surface area contributed by atoms with E-state index in [1.807, 2.05) is 73.0 Å². The number of benzene rings is 4. The van der Waals surface area contributed by atoms with E-state index in [1.54, 1.807) is 0 Å². The van der Waals surface area contributed by atoms with Crippen LogP contribution in [-0.2, 0) is 0 Å². The Morgan fingerprint density at radius 2 is 1.34 bits per heavy atom. The molecule has 3 heteroatoms. The van der Waals surface area contributed by atoms with Crippen LogP contribution in [0.15, 0.2) is 100 Å². The van der Waals surface area contributed by atoms with E-state index in [2.05, 4.69) is 24.3 Å². The highest BCUT2D eigenvalue weighted by Crippen LogP contribution is 2.34. The van der Waals surface area contributed by atoms with Gasteiger partial charge in [-0.2, -0.15) is 0 Å². The van der Waals surface area contributed by atoms with Crippen LogP contribution in [0.1, 0.15) is 16.1 Å². The third-order valence-electron chi connectivity index (χ3n) is 5.17. The molecule has 0 aliphatic carbocycles. The lowest BCUT2D eigenvalue weighted by Gasteiger charge is -2.03. The van der Waals surface area contributed by atoms with Gasteiger partial charge in [0.1, 0.15) is 5.76 Å². The number of thioether (sulfide) groups is 1. The van der Waals surface area contributed by atoms with Gasteiger partial charge in [-0.15, -0.1) is 11.8 Å². The summed E-state index contributed by atoms with van der Waals surface area (Å²) in [5.74, 6) is 1.02. The maximum absolute atomic E-state index is 13.2. The molecule has 0 radical (unpaired) electrons. The highest BCUT2D eigenvalue weighted by atomic mass is 32.2. The number of ketones is 1. The first-order valence-corrected chi connectivity index (χ1v) is 10.7. The number of furan rings is 1. The first-order valence-electron chi connectivity index (χ1n) is 9.43. The summed E-state index contributed by atoms with van der Waals surface area (Å²) in [6, 6.07) is 30.2. The fourth-order valence-corrected chi connectivity index (χ4v) is 4.18. The largest absolute Gasteiger partial charge is 0.451 e. The number of carbonyl (C=O) groups excluding carboxylic acids is 1. The number of fused-ring (bicyclic) bond motifs is 2. The van der Waals surface area contributed by atoms with Crippen LogP contribution in [0.5, 0.6) is 0 Å². The van der Waals surface area contributed by atoms with Crippen molar-refractivity contribution in [3.05, 3.63) is 102 Å². The third-order valence-corrected chi connectivity index (χ3v) is 5.91. The normalized spacial score (nSPS) is 11.2. The van der Waals surface area contributed by atoms with Crippen LogP contribution in [0, 0.1) is 0 Å². The van der Waals surface area contributed by atoms with E-state index < -0.39 is 0 Å². The van der Waals surface area contributed by atoms with Crippen molar-refractivity contribution in [2.24, 2.45) is 0 Å². The minimum Gasteiger partial charge on any atom is -0.451 e. The summed E-state index contributed by atoms with van der Waals surface area (Å²) in [6.07, 6.45) is 1.96. The maximum atomic E-state index is 13.2. The Labute approximate surface area is 173 Å². The van der Waals surface area contributed by atoms with Crippen molar-refractivity contribution in [2.45, 2.75) is 4.90 Å². The van der Waals surface area contributed by atoms with Crippen LogP contribution in [0.3, 0.4) is 0 Å². The predicted molar refractivity (Wildman–Crippen MR) is 121 cm³/mol. The average Bonchev–Trinajstić information content (AvgIpc) is 3.22. The molecule has 0 saturated heterocycles. The van der Waals surface area contributed by atoms with E-state index in [9.17, 15) is 4.79 Å². The smallest absolute Gasteiger partial charge is 0.229 e. The average molecular weight is 394 g/mol. The second kappa shape index (κ2) is 7.26. The zero-order valence-corrected chi connectivity index (χ0v) is 16.7. The first kappa shape index (κ1) is 17.8. The predicted octanol–water partition coefficient (Wildman–Crippen LogP) is 7.21. The van der Waals surface area contributed by atoms with Gasteiger partial charge in [-0.3, -0.25) is 4.79 Å². The SMILES string of the molecule is CSc1cc(-c2ccc3ccccc3c2)oc1C(=O)c1ccc2ccccc2c1. The van der Waals surface area contributed by atoms with Crippen molar-refractivity contribution in [1.82, 2.24) is 0 Å². The van der Waals surface area contributed by atoms with Gasteiger partial charge in [0.05, 0.1) is 4.90 Å². The summed E-state index contributed by atoms with van der Waals surface area (Å²) in [5.41, 5.74) is 1.61. The summed E-state index contributed by atoms with van der Waals surface area (Å²) in [5, 5.41) is 4.49. The third kappa shape index (κ3) is 3.24. The monoisotopic (exact) mass is 394 g/mol. The van der Waals surface area contributed by atoms with Gasteiger partial charge in [0, 0.05) is 11.1 Å². The van der Waals surface area contributed by atoms with Gasteiger partial charge in [0.25, 0.3) is 0 Å². The van der Waals surface area contributed by atoms with Crippen molar-refractivity contribution in [1.29, 1.82) is 0 Å². The number of carbonyl (C=O) groups is 1. The second-order valence-corrected chi connectivity index (χ2v) is 7.81. The van der Waals surface area contributed by atoms with Gasteiger partial charge in [-0.1, -0.05) is 72.8 Å². The lowest BCUT2D eigenvalue weighted by atomic mass is 10.0. The number of rotatable bonds is 4. The lowest BCUT2D eigenvalue weighted by molar-refractivity contribution is 0.101. The summed E-state index contributed by atoms with van der Waals surface area (Å²) in [7, 11) is 0. The van der Waals surface area contributed by atoms with E-state index in [-0.39, 0.29) is 5.78 Å². The summed E-state index contributed by atoms with van der Waals surface area (Å²) >= 11 is 1.53. The molecule has 0 aliphatic rings. The molecule has 0 saturated carbocycles. The fourth-order valence-electron chi connectivity index (χ4n) is 3.63. The molecule has 140 valence electrons. The van der Waals surface area contributed by atoms with Crippen LogP contribution >= 0.6 is 11.8 Å². The molecule has 0 fully saturated rings. The maximum Gasteiger partial charge on any atom is 0.229 e. The summed E-state index contributed by atoms with van der Waals surface area (Å²) in [4.78, 5) is 14.1. The van der Waals surface area contributed by atoms with Crippen molar-refractivity contribution < 1.29 is 9.21 Å². The molecule has 2 nitrogen and oxygen atoms in total. The van der Waals surface area contributed by atoms with Crippen LogP contribution < -0.4 is 0 Å². The second-order valence-electron chi connectivity index (χ2n) is 6.96. The Bertz CT molecular complexity index is 1360. The topological polar surface area (TPSA) is 30.2 Å². The van der Waals surface area contributed by atoms with Gasteiger partial charge < -0.3 is 4.42 Å². The molecule has 0 spiro atoms. The van der Waals surface area contributed by atoms with E-state index in [1.165, 1.54) is 17.1 Å². The minimum absolute atomic E-state index is 0.0906. The van der Waals surface area contributed by atoms with Crippen LogP contribution in [0.25, 0.3) is 32.9 Å². The molecular formula is C26H18O2S. The Hall–Kier alpha value is -3.30. The van der Waals surface area contributed by atoms with Crippen LogP contribution in [-0.4, -0.2) is 12.0 Å². The molecule has 1 aromatic heterocycles. The Morgan fingerprint density at radius 3 is 2.03 bits per heavy atom. The lowest BCUT2D eigenvalue weighted by Crippen LogP contribution is -2.00. The van der Waals surface area contributed by atoms with Gasteiger partial charge in [-0.25, -0.2) is 0 Å². The molecule has 0 unspecified atom stereocenters. The molecule has 0 atom stereocenters. The van der Waals surface area contributed by atoms with E-state index in [4.69, 9.17) is 4.42 Å². The van der Waals surface area contributed by atoms with E-state index in [0.717, 1.165) is 26.6 Å². The molecule has 0 N–H and O–H groups in total. The van der Waals surface area contributed by atoms with Gasteiger partial charge in [0.2, 0.25) is 5.78 Å². The van der Waals surface area contributed by atoms with Crippen molar-refractivity contribution >= 4 is 39.1 Å².